The Morgan fingerprint density at radius 3 is 2.70 bits per heavy atom. The van der Waals surface area contributed by atoms with Crippen LogP contribution in [0.5, 0.6) is 0 Å². The molecule has 0 bridgehead atoms. The van der Waals surface area contributed by atoms with Crippen molar-refractivity contribution in [3.05, 3.63) is 53.3 Å². The van der Waals surface area contributed by atoms with Crippen LogP contribution in [0.2, 0.25) is 0 Å². The first kappa shape index (κ1) is 14.8. The molecule has 0 aliphatic heterocycles. The Balaban J connectivity index is 1.98. The lowest BCUT2D eigenvalue weighted by Gasteiger charge is -2.07. The minimum absolute atomic E-state index is 0.145. The molecule has 0 atom stereocenters. The van der Waals surface area contributed by atoms with Crippen LogP contribution in [0.25, 0.3) is 0 Å². The number of aliphatic hydroxyl groups excluding tert-OH is 1. The van der Waals surface area contributed by atoms with Crippen molar-refractivity contribution in [2.75, 3.05) is 6.54 Å². The zero-order valence-electron chi connectivity index (χ0n) is 11.3. The molecule has 0 unspecified atom stereocenters. The molecule has 0 spiro atoms. The van der Waals surface area contributed by atoms with Crippen molar-refractivity contribution in [1.82, 2.24) is 9.71 Å². The maximum Gasteiger partial charge on any atom is 0.242 e. The van der Waals surface area contributed by atoms with Gasteiger partial charge in [-0.3, -0.25) is 0 Å². The summed E-state index contributed by atoms with van der Waals surface area (Å²) in [6.07, 6.45) is 2.02. The maximum atomic E-state index is 12.0. The van der Waals surface area contributed by atoms with Crippen molar-refractivity contribution in [3.8, 4) is 0 Å². The van der Waals surface area contributed by atoms with Gasteiger partial charge in [-0.25, -0.2) is 13.1 Å². The fraction of sp³-hybridized carbons (Fsp3) is 0.286. The molecule has 1 heterocycles. The van der Waals surface area contributed by atoms with E-state index in [0.29, 0.717) is 18.7 Å². The highest BCUT2D eigenvalue weighted by atomic mass is 32.2. The number of benzene rings is 1. The van der Waals surface area contributed by atoms with Crippen molar-refractivity contribution in [1.29, 1.82) is 0 Å². The SMILES string of the molecule is Cc1ccccc1CCNS(=O)(=O)c1c[nH]c(CO)c1. The average molecular weight is 294 g/mol. The topological polar surface area (TPSA) is 82.2 Å². The Morgan fingerprint density at radius 2 is 2.05 bits per heavy atom. The van der Waals surface area contributed by atoms with E-state index in [9.17, 15) is 8.42 Å². The number of sulfonamides is 1. The predicted molar refractivity (Wildman–Crippen MR) is 76.8 cm³/mol. The van der Waals surface area contributed by atoms with Crippen LogP contribution in [0.1, 0.15) is 16.8 Å². The summed E-state index contributed by atoms with van der Waals surface area (Å²) in [6.45, 7) is 2.13. The number of H-pyrrole nitrogens is 1. The van der Waals surface area contributed by atoms with Gasteiger partial charge in [-0.05, 0) is 30.5 Å². The number of aliphatic hydroxyl groups is 1. The van der Waals surface area contributed by atoms with E-state index in [1.165, 1.54) is 12.3 Å². The third-order valence-corrected chi connectivity index (χ3v) is 4.59. The first-order valence-corrected chi connectivity index (χ1v) is 7.83. The number of hydrogen-bond donors (Lipinski definition) is 3. The van der Waals surface area contributed by atoms with Crippen LogP contribution in [0.15, 0.2) is 41.4 Å². The number of hydrogen-bond acceptors (Lipinski definition) is 3. The molecule has 3 N–H and O–H groups in total. The normalized spacial score (nSPS) is 11.7. The molecular weight excluding hydrogens is 276 g/mol. The predicted octanol–water partition coefficient (Wildman–Crippen LogP) is 1.34. The summed E-state index contributed by atoms with van der Waals surface area (Å²) in [7, 11) is -3.52. The van der Waals surface area contributed by atoms with E-state index in [1.54, 1.807) is 0 Å². The molecular formula is C14H18N2O3S. The van der Waals surface area contributed by atoms with Crippen LogP contribution < -0.4 is 4.72 Å². The highest BCUT2D eigenvalue weighted by Crippen LogP contribution is 2.11. The molecule has 0 saturated heterocycles. The quantitative estimate of drug-likeness (QED) is 0.752. The van der Waals surface area contributed by atoms with Crippen LogP contribution in [0, 0.1) is 6.92 Å². The third kappa shape index (κ3) is 3.47. The molecule has 20 heavy (non-hydrogen) atoms. The second kappa shape index (κ2) is 6.21. The highest BCUT2D eigenvalue weighted by Gasteiger charge is 2.15. The molecule has 2 rings (SSSR count). The van der Waals surface area contributed by atoms with Gasteiger partial charge in [0.2, 0.25) is 10.0 Å². The van der Waals surface area contributed by atoms with E-state index in [0.717, 1.165) is 11.1 Å². The number of aryl methyl sites for hydroxylation is 1. The summed E-state index contributed by atoms with van der Waals surface area (Å²) < 4.78 is 26.6. The smallest absolute Gasteiger partial charge is 0.242 e. The molecule has 1 aromatic carbocycles. The fourth-order valence-electron chi connectivity index (χ4n) is 1.96. The summed E-state index contributed by atoms with van der Waals surface area (Å²) in [5, 5.41) is 8.93. The first-order chi connectivity index (χ1) is 9.53. The molecule has 1 aromatic heterocycles. The van der Waals surface area contributed by atoms with Gasteiger partial charge in [0.1, 0.15) is 0 Å². The maximum absolute atomic E-state index is 12.0. The van der Waals surface area contributed by atoms with Gasteiger partial charge in [-0.1, -0.05) is 24.3 Å². The summed E-state index contributed by atoms with van der Waals surface area (Å²) in [5.74, 6) is 0. The molecule has 0 aliphatic carbocycles. The number of nitrogens with one attached hydrogen (secondary N) is 2. The molecule has 6 heteroatoms. The second-order valence-corrected chi connectivity index (χ2v) is 6.36. The Morgan fingerprint density at radius 1 is 1.30 bits per heavy atom. The Kier molecular flexibility index (Phi) is 4.59. The van der Waals surface area contributed by atoms with Crippen LogP contribution >= 0.6 is 0 Å². The monoisotopic (exact) mass is 294 g/mol. The van der Waals surface area contributed by atoms with E-state index in [-0.39, 0.29) is 11.5 Å². The zero-order chi connectivity index (χ0) is 14.6. The Labute approximate surface area is 118 Å². The standard InChI is InChI=1S/C14H18N2O3S/c1-11-4-2-3-5-12(11)6-7-16-20(18,19)14-8-13(10-17)15-9-14/h2-5,8-9,15-17H,6-7,10H2,1H3. The van der Waals surface area contributed by atoms with Gasteiger partial charge >= 0.3 is 0 Å². The number of rotatable bonds is 6. The van der Waals surface area contributed by atoms with E-state index < -0.39 is 10.0 Å². The fourth-order valence-corrected chi connectivity index (χ4v) is 3.01. The molecule has 0 aliphatic rings. The van der Waals surface area contributed by atoms with Crippen LogP contribution in [0.4, 0.5) is 0 Å². The Bertz CT molecular complexity index is 677. The van der Waals surface area contributed by atoms with E-state index in [4.69, 9.17) is 5.11 Å². The Hall–Kier alpha value is -1.63. The van der Waals surface area contributed by atoms with E-state index >= 15 is 0 Å². The molecule has 0 amide bonds. The average Bonchev–Trinajstić information content (AvgIpc) is 2.90. The summed E-state index contributed by atoms with van der Waals surface area (Å²) >= 11 is 0. The van der Waals surface area contributed by atoms with Gasteiger partial charge in [-0.15, -0.1) is 0 Å². The van der Waals surface area contributed by atoms with Gasteiger partial charge in [0.15, 0.2) is 0 Å². The molecule has 0 fully saturated rings. The second-order valence-electron chi connectivity index (χ2n) is 4.59. The van der Waals surface area contributed by atoms with Gasteiger partial charge in [-0.2, -0.15) is 0 Å². The lowest BCUT2D eigenvalue weighted by Crippen LogP contribution is -2.25. The first-order valence-electron chi connectivity index (χ1n) is 6.35. The lowest BCUT2D eigenvalue weighted by atomic mass is 10.1. The molecule has 0 saturated carbocycles. The van der Waals surface area contributed by atoms with Gasteiger partial charge < -0.3 is 10.1 Å². The van der Waals surface area contributed by atoms with Gasteiger partial charge in [0, 0.05) is 18.4 Å². The highest BCUT2D eigenvalue weighted by molar-refractivity contribution is 7.89. The van der Waals surface area contributed by atoms with Crippen molar-refractivity contribution < 1.29 is 13.5 Å². The summed E-state index contributed by atoms with van der Waals surface area (Å²) in [4.78, 5) is 2.85. The number of aromatic amines is 1. The third-order valence-electron chi connectivity index (χ3n) is 3.14. The number of aromatic nitrogens is 1. The van der Waals surface area contributed by atoms with Crippen LogP contribution in [-0.4, -0.2) is 25.1 Å². The minimum atomic E-state index is -3.52. The molecule has 5 nitrogen and oxygen atoms in total. The summed E-state index contributed by atoms with van der Waals surface area (Å²) in [6, 6.07) is 9.32. The largest absolute Gasteiger partial charge is 0.390 e. The van der Waals surface area contributed by atoms with Crippen molar-refractivity contribution >= 4 is 10.0 Å². The molecule has 0 radical (unpaired) electrons. The van der Waals surface area contributed by atoms with Crippen LogP contribution in [-0.2, 0) is 23.1 Å². The van der Waals surface area contributed by atoms with E-state index in [1.807, 2.05) is 31.2 Å². The van der Waals surface area contributed by atoms with Gasteiger partial charge in [0.05, 0.1) is 11.5 Å². The van der Waals surface area contributed by atoms with Crippen molar-refractivity contribution in [2.24, 2.45) is 0 Å². The van der Waals surface area contributed by atoms with E-state index in [2.05, 4.69) is 9.71 Å². The van der Waals surface area contributed by atoms with Crippen molar-refractivity contribution in [2.45, 2.75) is 24.8 Å². The minimum Gasteiger partial charge on any atom is -0.390 e. The van der Waals surface area contributed by atoms with Crippen LogP contribution in [0.3, 0.4) is 0 Å². The van der Waals surface area contributed by atoms with Crippen molar-refractivity contribution in [3.63, 3.8) is 0 Å². The van der Waals surface area contributed by atoms with Gasteiger partial charge in [0.25, 0.3) is 0 Å². The lowest BCUT2D eigenvalue weighted by molar-refractivity contribution is 0.277. The zero-order valence-corrected chi connectivity index (χ0v) is 12.1. The molecule has 108 valence electrons. The summed E-state index contributed by atoms with van der Waals surface area (Å²) in [5.41, 5.74) is 2.75. The molecule has 2 aromatic rings.